The summed E-state index contributed by atoms with van der Waals surface area (Å²) in [5, 5.41) is 11.3. The molecule has 0 saturated carbocycles. The lowest BCUT2D eigenvalue weighted by Gasteiger charge is -2.27. The number of halogens is 1. The maximum absolute atomic E-state index is 13.9. The molecule has 1 spiro atoms. The van der Waals surface area contributed by atoms with Crippen molar-refractivity contribution in [3.63, 3.8) is 0 Å². The lowest BCUT2D eigenvalue weighted by atomic mass is 9.77. The number of nitrogens with zero attached hydrogens (tertiary/aromatic N) is 2. The Hall–Kier alpha value is -4.02. The number of carbonyl (C=O) groups is 4. The van der Waals surface area contributed by atoms with Crippen molar-refractivity contribution in [3.8, 4) is 0 Å². The monoisotopic (exact) mass is 546 g/mol. The minimum atomic E-state index is -2.20. The summed E-state index contributed by atoms with van der Waals surface area (Å²) in [5.74, 6) is -5.43. The molecule has 2 aliphatic heterocycles. The first kappa shape index (κ1) is 22.4. The second-order valence-electron chi connectivity index (χ2n) is 8.82. The SMILES string of the molecule is O=C1[C@@H]2[C@H](c3ccc(Br)cc3)OC3(C(=O)c4ccccc4C3=O)[C@H]2C(=O)N1c1cccc([N+](=O)[O-])c1. The fourth-order valence-corrected chi connectivity index (χ4v) is 5.74. The van der Waals surface area contributed by atoms with Gasteiger partial charge < -0.3 is 4.74 Å². The average Bonchev–Trinajstić information content (AvgIpc) is 3.44. The molecule has 0 unspecified atom stereocenters. The van der Waals surface area contributed by atoms with E-state index >= 15 is 0 Å². The summed E-state index contributed by atoms with van der Waals surface area (Å²) in [6, 6.07) is 18.2. The largest absolute Gasteiger partial charge is 0.349 e. The lowest BCUT2D eigenvalue weighted by molar-refractivity contribution is -0.384. The van der Waals surface area contributed by atoms with Gasteiger partial charge in [-0.25, -0.2) is 4.90 Å². The third kappa shape index (κ3) is 2.85. The Morgan fingerprint density at radius 3 is 2.11 bits per heavy atom. The minimum absolute atomic E-state index is 0.00582. The number of amides is 2. The predicted molar refractivity (Wildman–Crippen MR) is 128 cm³/mol. The fourth-order valence-electron chi connectivity index (χ4n) is 5.47. The van der Waals surface area contributed by atoms with Gasteiger partial charge >= 0.3 is 0 Å². The number of rotatable bonds is 3. The Bertz CT molecular complexity index is 1480. The quantitative estimate of drug-likeness (QED) is 0.210. The summed E-state index contributed by atoms with van der Waals surface area (Å²) in [4.78, 5) is 66.6. The number of hydrogen-bond acceptors (Lipinski definition) is 7. The van der Waals surface area contributed by atoms with Gasteiger partial charge in [-0.3, -0.25) is 29.3 Å². The molecule has 3 aromatic carbocycles. The van der Waals surface area contributed by atoms with Gasteiger partial charge in [-0.05, 0) is 23.8 Å². The molecule has 10 heteroatoms. The molecular weight excluding hydrogens is 532 g/mol. The highest BCUT2D eigenvalue weighted by molar-refractivity contribution is 9.10. The zero-order valence-electron chi connectivity index (χ0n) is 18.3. The van der Waals surface area contributed by atoms with Gasteiger partial charge in [0.25, 0.3) is 5.69 Å². The third-order valence-electron chi connectivity index (χ3n) is 7.02. The summed E-state index contributed by atoms with van der Waals surface area (Å²) >= 11 is 3.36. The molecule has 3 aliphatic rings. The number of nitro groups is 1. The van der Waals surface area contributed by atoms with Crippen LogP contribution in [0.25, 0.3) is 0 Å². The number of anilines is 1. The van der Waals surface area contributed by atoms with Crippen molar-refractivity contribution >= 4 is 50.7 Å². The molecule has 0 radical (unpaired) electrons. The number of nitro benzene ring substituents is 1. The van der Waals surface area contributed by atoms with Crippen LogP contribution in [0.2, 0.25) is 0 Å². The number of hydrogen-bond donors (Lipinski definition) is 0. The number of ketones is 2. The van der Waals surface area contributed by atoms with Crippen LogP contribution in [0.3, 0.4) is 0 Å². The van der Waals surface area contributed by atoms with E-state index in [0.29, 0.717) is 5.56 Å². The second-order valence-corrected chi connectivity index (χ2v) is 9.74. The van der Waals surface area contributed by atoms with Crippen LogP contribution in [0.5, 0.6) is 0 Å². The van der Waals surface area contributed by atoms with E-state index in [9.17, 15) is 29.3 Å². The van der Waals surface area contributed by atoms with Crippen molar-refractivity contribution in [1.82, 2.24) is 0 Å². The highest BCUT2D eigenvalue weighted by Crippen LogP contribution is 2.57. The lowest BCUT2D eigenvalue weighted by Crippen LogP contribution is -2.51. The van der Waals surface area contributed by atoms with Gasteiger partial charge in [0, 0.05) is 27.7 Å². The molecule has 0 aromatic heterocycles. The zero-order chi connectivity index (χ0) is 25.4. The molecule has 9 nitrogen and oxygen atoms in total. The van der Waals surface area contributed by atoms with E-state index in [4.69, 9.17) is 4.74 Å². The molecule has 0 N–H and O–H groups in total. The first-order chi connectivity index (χ1) is 17.3. The van der Waals surface area contributed by atoms with Gasteiger partial charge in [0.15, 0.2) is 0 Å². The minimum Gasteiger partial charge on any atom is -0.349 e. The molecule has 3 aromatic rings. The number of carbonyl (C=O) groups excluding carboxylic acids is 4. The van der Waals surface area contributed by atoms with Crippen molar-refractivity contribution in [1.29, 1.82) is 0 Å². The van der Waals surface area contributed by atoms with E-state index in [1.165, 1.54) is 30.3 Å². The van der Waals surface area contributed by atoms with Crippen LogP contribution in [0.1, 0.15) is 32.4 Å². The number of ether oxygens (including phenoxy) is 1. The summed E-state index contributed by atoms with van der Waals surface area (Å²) in [6.07, 6.45) is -1.06. The van der Waals surface area contributed by atoms with Crippen molar-refractivity contribution in [2.24, 2.45) is 11.8 Å². The Balaban J connectivity index is 1.54. The van der Waals surface area contributed by atoms with Crippen molar-refractivity contribution in [2.75, 3.05) is 4.90 Å². The molecule has 3 atom stereocenters. The number of Topliss-reactive ketones (excluding diaryl/α,β-unsaturated/α-hetero) is 2. The molecule has 178 valence electrons. The molecule has 2 heterocycles. The van der Waals surface area contributed by atoms with E-state index in [-0.39, 0.29) is 22.5 Å². The van der Waals surface area contributed by atoms with E-state index < -0.39 is 51.8 Å². The average molecular weight is 547 g/mol. The normalized spacial score (nSPS) is 23.9. The Labute approximate surface area is 211 Å². The van der Waals surface area contributed by atoms with Crippen LogP contribution >= 0.6 is 15.9 Å². The van der Waals surface area contributed by atoms with E-state index in [1.807, 2.05) is 0 Å². The van der Waals surface area contributed by atoms with Crippen LogP contribution in [-0.2, 0) is 14.3 Å². The molecule has 1 aliphatic carbocycles. The summed E-state index contributed by atoms with van der Waals surface area (Å²) in [5.41, 5.74) is -1.73. The molecule has 2 amide bonds. The smallest absolute Gasteiger partial charge is 0.271 e. The van der Waals surface area contributed by atoms with Crippen LogP contribution in [0.15, 0.2) is 77.3 Å². The Kier molecular flexibility index (Phi) is 4.83. The zero-order valence-corrected chi connectivity index (χ0v) is 19.9. The van der Waals surface area contributed by atoms with Crippen LogP contribution < -0.4 is 4.90 Å². The second kappa shape index (κ2) is 7.74. The molecular formula is C26H15BrN2O7. The number of fused-ring (bicyclic) bond motifs is 3. The summed E-state index contributed by atoms with van der Waals surface area (Å²) in [6.45, 7) is 0. The van der Waals surface area contributed by atoms with E-state index in [0.717, 1.165) is 15.4 Å². The maximum atomic E-state index is 13.9. The number of benzene rings is 3. The first-order valence-corrected chi connectivity index (χ1v) is 11.8. The van der Waals surface area contributed by atoms with Crippen LogP contribution in [-0.4, -0.2) is 33.9 Å². The summed E-state index contributed by atoms with van der Waals surface area (Å²) < 4.78 is 6.97. The molecule has 6 rings (SSSR count). The third-order valence-corrected chi connectivity index (χ3v) is 7.55. The number of imide groups is 1. The van der Waals surface area contributed by atoms with Gasteiger partial charge in [0.05, 0.1) is 28.6 Å². The van der Waals surface area contributed by atoms with Crippen LogP contribution in [0.4, 0.5) is 11.4 Å². The van der Waals surface area contributed by atoms with Crippen molar-refractivity contribution in [3.05, 3.63) is 104 Å². The van der Waals surface area contributed by atoms with Gasteiger partial charge in [-0.1, -0.05) is 58.4 Å². The van der Waals surface area contributed by atoms with Gasteiger partial charge in [-0.15, -0.1) is 0 Å². The molecule has 2 saturated heterocycles. The summed E-state index contributed by atoms with van der Waals surface area (Å²) in [7, 11) is 0. The first-order valence-electron chi connectivity index (χ1n) is 11.0. The number of non-ortho nitro benzene ring substituents is 1. The van der Waals surface area contributed by atoms with Gasteiger partial charge in [0.2, 0.25) is 29.0 Å². The Morgan fingerprint density at radius 1 is 0.861 bits per heavy atom. The van der Waals surface area contributed by atoms with Crippen molar-refractivity contribution < 1.29 is 28.8 Å². The fraction of sp³-hybridized carbons (Fsp3) is 0.154. The topological polar surface area (TPSA) is 124 Å². The van der Waals surface area contributed by atoms with Gasteiger partial charge in [0.1, 0.15) is 0 Å². The standard InChI is InChI=1S/C26H15BrN2O7/c27-14-10-8-13(9-11-14)21-19-20(26(36-21)22(30)17-6-1-2-7-18(17)23(26)31)25(33)28(24(19)32)15-4-3-5-16(12-15)29(34)35/h1-12,19-21H/t19-,20+,21-/m0/s1. The van der Waals surface area contributed by atoms with E-state index in [1.54, 1.807) is 36.4 Å². The Morgan fingerprint density at radius 2 is 1.50 bits per heavy atom. The van der Waals surface area contributed by atoms with Crippen LogP contribution in [0, 0.1) is 22.0 Å². The molecule has 0 bridgehead atoms. The molecule has 36 heavy (non-hydrogen) atoms. The van der Waals surface area contributed by atoms with Gasteiger partial charge in [-0.2, -0.15) is 0 Å². The van der Waals surface area contributed by atoms with E-state index in [2.05, 4.69) is 15.9 Å². The van der Waals surface area contributed by atoms with Crippen molar-refractivity contribution in [2.45, 2.75) is 11.7 Å². The predicted octanol–water partition coefficient (Wildman–Crippen LogP) is 4.05. The molecule has 2 fully saturated rings. The maximum Gasteiger partial charge on any atom is 0.271 e. The highest BCUT2D eigenvalue weighted by atomic mass is 79.9. The highest BCUT2D eigenvalue weighted by Gasteiger charge is 2.74.